The third-order valence-electron chi connectivity index (χ3n) is 2.49. The van der Waals surface area contributed by atoms with Crippen molar-refractivity contribution in [3.63, 3.8) is 0 Å². The van der Waals surface area contributed by atoms with Gasteiger partial charge in [0, 0.05) is 5.38 Å². The summed E-state index contributed by atoms with van der Waals surface area (Å²) in [4.78, 5) is 39.2. The van der Waals surface area contributed by atoms with Crippen molar-refractivity contribution in [2.24, 2.45) is 0 Å². The van der Waals surface area contributed by atoms with Gasteiger partial charge in [-0.3, -0.25) is 14.9 Å². The molecule has 0 bridgehead atoms. The summed E-state index contributed by atoms with van der Waals surface area (Å²) < 4.78 is 9.70. The number of thiophene rings is 1. The molecule has 0 aliphatic carbocycles. The first kappa shape index (κ1) is 17.1. The monoisotopic (exact) mass is 354 g/mol. The Hall–Kier alpha value is -2.26. The summed E-state index contributed by atoms with van der Waals surface area (Å²) in [6.07, 6.45) is 0.0492. The Kier molecular flexibility index (Phi) is 6.24. The Bertz CT molecular complexity index is 681. The van der Waals surface area contributed by atoms with Crippen molar-refractivity contribution in [2.75, 3.05) is 18.5 Å². The normalized spacial score (nSPS) is 10.1. The van der Waals surface area contributed by atoms with Crippen LogP contribution in [0.15, 0.2) is 22.9 Å². The van der Waals surface area contributed by atoms with Crippen LogP contribution in [-0.2, 0) is 25.5 Å². The molecule has 0 aliphatic heterocycles. The molecule has 2 aromatic heterocycles. The fraction of sp³-hybridized carbons (Fsp3) is 0.286. The van der Waals surface area contributed by atoms with Crippen LogP contribution in [0.3, 0.4) is 0 Å². The minimum Gasteiger partial charge on any atom is -0.466 e. The molecule has 0 aliphatic rings. The minimum atomic E-state index is -0.544. The van der Waals surface area contributed by atoms with Gasteiger partial charge >= 0.3 is 11.9 Å². The molecule has 0 aromatic carbocycles. The lowest BCUT2D eigenvalue weighted by Crippen LogP contribution is -2.20. The van der Waals surface area contributed by atoms with Crippen LogP contribution in [0.1, 0.15) is 22.3 Å². The molecule has 0 radical (unpaired) electrons. The average molecular weight is 354 g/mol. The van der Waals surface area contributed by atoms with E-state index in [1.807, 2.05) is 0 Å². The summed E-state index contributed by atoms with van der Waals surface area (Å²) >= 11 is 2.42. The van der Waals surface area contributed by atoms with Crippen LogP contribution in [0.2, 0.25) is 0 Å². The molecule has 0 unspecified atom stereocenters. The maximum atomic E-state index is 11.7. The lowest BCUT2D eigenvalue weighted by Gasteiger charge is -2.03. The topological polar surface area (TPSA) is 94.6 Å². The average Bonchev–Trinajstić information content (AvgIpc) is 3.17. The van der Waals surface area contributed by atoms with E-state index in [2.05, 4.69) is 10.3 Å². The molecule has 2 aromatic rings. The Labute approximate surface area is 140 Å². The highest BCUT2D eigenvalue weighted by Crippen LogP contribution is 2.16. The maximum Gasteiger partial charge on any atom is 0.348 e. The van der Waals surface area contributed by atoms with Crippen LogP contribution in [0.5, 0.6) is 0 Å². The number of thiazole rings is 1. The zero-order valence-corrected chi connectivity index (χ0v) is 13.9. The van der Waals surface area contributed by atoms with Gasteiger partial charge < -0.3 is 9.47 Å². The summed E-state index contributed by atoms with van der Waals surface area (Å²) in [5.74, 6) is -1.41. The molecule has 2 rings (SSSR count). The number of hydrogen-bond donors (Lipinski definition) is 1. The number of nitrogens with one attached hydrogen (secondary N) is 1. The lowest BCUT2D eigenvalue weighted by molar-refractivity contribution is -0.142. The number of rotatable bonds is 7. The first-order valence-corrected chi connectivity index (χ1v) is 8.45. The van der Waals surface area contributed by atoms with Gasteiger partial charge in [-0.05, 0) is 18.4 Å². The van der Waals surface area contributed by atoms with E-state index in [1.54, 1.807) is 29.8 Å². The van der Waals surface area contributed by atoms with E-state index >= 15 is 0 Å². The molecule has 0 saturated carbocycles. The summed E-state index contributed by atoms with van der Waals surface area (Å²) in [6, 6.07) is 3.34. The van der Waals surface area contributed by atoms with E-state index in [0.717, 1.165) is 0 Å². The number of esters is 2. The van der Waals surface area contributed by atoms with Gasteiger partial charge in [0.2, 0.25) is 0 Å². The first-order chi connectivity index (χ1) is 11.1. The van der Waals surface area contributed by atoms with Gasteiger partial charge in [0.05, 0.1) is 18.7 Å². The first-order valence-electron chi connectivity index (χ1n) is 6.69. The lowest BCUT2D eigenvalue weighted by atomic mass is 10.3. The molecule has 23 heavy (non-hydrogen) atoms. The SMILES string of the molecule is CCOC(=O)Cc1csc(NC(=O)COC(=O)c2cccs2)n1. The summed E-state index contributed by atoms with van der Waals surface area (Å²) in [5, 5.41) is 6.25. The van der Waals surface area contributed by atoms with Crippen LogP contribution in [0, 0.1) is 0 Å². The van der Waals surface area contributed by atoms with Crippen LogP contribution in [0.25, 0.3) is 0 Å². The number of amides is 1. The largest absolute Gasteiger partial charge is 0.466 e. The van der Waals surface area contributed by atoms with Gasteiger partial charge in [0.15, 0.2) is 11.7 Å². The molecule has 122 valence electrons. The van der Waals surface area contributed by atoms with Crippen molar-refractivity contribution < 1.29 is 23.9 Å². The Balaban J connectivity index is 1.78. The highest BCUT2D eigenvalue weighted by molar-refractivity contribution is 7.14. The zero-order valence-electron chi connectivity index (χ0n) is 12.2. The van der Waals surface area contributed by atoms with Gasteiger partial charge in [0.25, 0.3) is 5.91 Å². The molecule has 9 heteroatoms. The van der Waals surface area contributed by atoms with E-state index in [9.17, 15) is 14.4 Å². The quantitative estimate of drug-likeness (QED) is 0.765. The zero-order chi connectivity index (χ0) is 16.7. The third-order valence-corrected chi connectivity index (χ3v) is 4.14. The fourth-order valence-corrected chi connectivity index (χ4v) is 2.90. The van der Waals surface area contributed by atoms with Crippen molar-refractivity contribution in [1.82, 2.24) is 4.98 Å². The highest BCUT2D eigenvalue weighted by Gasteiger charge is 2.13. The van der Waals surface area contributed by atoms with Crippen LogP contribution in [0.4, 0.5) is 5.13 Å². The summed E-state index contributed by atoms with van der Waals surface area (Å²) in [7, 11) is 0. The molecule has 2 heterocycles. The second kappa shape index (κ2) is 8.39. The number of ether oxygens (including phenoxy) is 2. The predicted molar refractivity (Wildman–Crippen MR) is 85.7 cm³/mol. The molecular weight excluding hydrogens is 340 g/mol. The van der Waals surface area contributed by atoms with Gasteiger partial charge in [-0.2, -0.15) is 0 Å². The van der Waals surface area contributed by atoms with Crippen molar-refractivity contribution >= 4 is 45.7 Å². The summed E-state index contributed by atoms with van der Waals surface area (Å²) in [6.45, 7) is 1.63. The van der Waals surface area contributed by atoms with Gasteiger partial charge in [0.1, 0.15) is 4.88 Å². The third kappa shape index (κ3) is 5.46. The summed E-state index contributed by atoms with van der Waals surface area (Å²) in [5.41, 5.74) is 0.513. The Morgan fingerprint density at radius 1 is 1.26 bits per heavy atom. The maximum absolute atomic E-state index is 11.7. The molecule has 7 nitrogen and oxygen atoms in total. The van der Waals surface area contributed by atoms with Crippen molar-refractivity contribution in [3.05, 3.63) is 33.5 Å². The van der Waals surface area contributed by atoms with E-state index in [0.29, 0.717) is 22.3 Å². The van der Waals surface area contributed by atoms with Crippen LogP contribution in [-0.4, -0.2) is 36.0 Å². The smallest absolute Gasteiger partial charge is 0.348 e. The molecule has 1 amide bonds. The van der Waals surface area contributed by atoms with E-state index in [-0.39, 0.29) is 12.4 Å². The van der Waals surface area contributed by atoms with Gasteiger partial charge in [-0.25, -0.2) is 9.78 Å². The minimum absolute atomic E-state index is 0.0492. The van der Waals surface area contributed by atoms with Crippen LogP contribution >= 0.6 is 22.7 Å². The second-order valence-electron chi connectivity index (χ2n) is 4.23. The van der Waals surface area contributed by atoms with Crippen molar-refractivity contribution in [1.29, 1.82) is 0 Å². The molecule has 0 atom stereocenters. The Morgan fingerprint density at radius 2 is 2.09 bits per heavy atom. The number of anilines is 1. The molecule has 1 N–H and O–H groups in total. The molecule has 0 fully saturated rings. The van der Waals surface area contributed by atoms with Gasteiger partial charge in [-0.1, -0.05) is 6.07 Å². The van der Waals surface area contributed by atoms with E-state index < -0.39 is 18.5 Å². The van der Waals surface area contributed by atoms with Gasteiger partial charge in [-0.15, -0.1) is 22.7 Å². The predicted octanol–water partition coefficient (Wildman–Crippen LogP) is 2.11. The second-order valence-corrected chi connectivity index (χ2v) is 6.03. The number of carbonyl (C=O) groups is 3. The number of carbonyl (C=O) groups excluding carboxylic acids is 3. The number of aromatic nitrogens is 1. The Morgan fingerprint density at radius 3 is 2.78 bits per heavy atom. The van der Waals surface area contributed by atoms with E-state index in [4.69, 9.17) is 9.47 Å². The molecule has 0 saturated heterocycles. The number of hydrogen-bond acceptors (Lipinski definition) is 8. The fourth-order valence-electron chi connectivity index (χ4n) is 1.56. The molecular formula is C14H14N2O5S2. The number of nitrogens with zero attached hydrogens (tertiary/aromatic N) is 1. The van der Waals surface area contributed by atoms with E-state index in [1.165, 1.54) is 22.7 Å². The molecule has 0 spiro atoms. The highest BCUT2D eigenvalue weighted by atomic mass is 32.1. The van der Waals surface area contributed by atoms with Crippen molar-refractivity contribution in [3.8, 4) is 0 Å². The van der Waals surface area contributed by atoms with Crippen LogP contribution < -0.4 is 5.32 Å². The van der Waals surface area contributed by atoms with Crippen molar-refractivity contribution in [2.45, 2.75) is 13.3 Å². The standard InChI is InChI=1S/C14H14N2O5S2/c1-2-20-12(18)6-9-8-23-14(15-9)16-11(17)7-21-13(19)10-4-3-5-22-10/h3-5,8H,2,6-7H2,1H3,(H,15,16,17).